The number of hydrogen-bond acceptors (Lipinski definition) is 12. The molecule has 314 valence electrons. The number of ether oxygens (including phenoxy) is 10. The second kappa shape index (κ2) is 20.6. The van der Waals surface area contributed by atoms with E-state index in [0.717, 1.165) is 22.3 Å². The number of rotatable bonds is 16. The van der Waals surface area contributed by atoms with Gasteiger partial charge in [-0.25, -0.2) is 4.79 Å². The van der Waals surface area contributed by atoms with E-state index in [0.29, 0.717) is 12.2 Å². The Morgan fingerprint density at radius 3 is 1.77 bits per heavy atom. The largest absolute Gasteiger partial charge is 0.450 e. The highest BCUT2D eigenvalue weighted by Crippen LogP contribution is 2.38. The van der Waals surface area contributed by atoms with Gasteiger partial charge in [0.25, 0.3) is 0 Å². The van der Waals surface area contributed by atoms with Gasteiger partial charge in [-0.3, -0.25) is 0 Å². The highest BCUT2D eigenvalue weighted by atomic mass is 16.8. The van der Waals surface area contributed by atoms with E-state index in [1.165, 1.54) is 7.11 Å². The Hall–Kier alpha value is -4.83. The van der Waals surface area contributed by atoms with Crippen LogP contribution < -0.4 is 0 Å². The Kier molecular flexibility index (Phi) is 14.4. The molecule has 3 saturated heterocycles. The quantitative estimate of drug-likeness (QED) is 0.108. The zero-order valence-electron chi connectivity index (χ0n) is 33.3. The lowest BCUT2D eigenvalue weighted by Gasteiger charge is -2.50. The SMILES string of the molecule is CO[C@H]1O[C@@H]2CO[C@@H](c3ccccc3)O[C@H]2[C@H](O)[C@H]1O[C@H]1O[C@H](COCc2ccccc2)[C@@H](OCc2ccccc2)[C@H](OCc2ccccc2)[C@@H]1OC(=O)c1ccccc1. The van der Waals surface area contributed by atoms with Crippen molar-refractivity contribution in [3.8, 4) is 0 Å². The third-order valence-electron chi connectivity index (χ3n) is 10.7. The number of carbonyl (C=O) groups excluding carboxylic acids is 1. The van der Waals surface area contributed by atoms with Crippen LogP contribution in [-0.2, 0) is 67.2 Å². The predicted molar refractivity (Wildman–Crippen MR) is 217 cm³/mol. The van der Waals surface area contributed by atoms with E-state index >= 15 is 0 Å². The lowest BCUT2D eigenvalue weighted by atomic mass is 9.96. The maximum Gasteiger partial charge on any atom is 0.338 e. The maximum atomic E-state index is 14.0. The monoisotopic (exact) mass is 818 g/mol. The van der Waals surface area contributed by atoms with Crippen LogP contribution in [0.2, 0.25) is 0 Å². The van der Waals surface area contributed by atoms with E-state index in [1.54, 1.807) is 24.3 Å². The molecule has 3 fully saturated rings. The lowest BCUT2D eigenvalue weighted by molar-refractivity contribution is -0.393. The lowest BCUT2D eigenvalue weighted by Crippen LogP contribution is -2.67. The van der Waals surface area contributed by atoms with Gasteiger partial charge < -0.3 is 52.5 Å². The molecule has 0 saturated carbocycles. The van der Waals surface area contributed by atoms with Crippen LogP contribution in [0.4, 0.5) is 0 Å². The highest BCUT2D eigenvalue weighted by Gasteiger charge is 2.55. The number of fused-ring (bicyclic) bond motifs is 1. The van der Waals surface area contributed by atoms with Gasteiger partial charge in [-0.05, 0) is 28.8 Å². The first-order valence-corrected chi connectivity index (χ1v) is 20.2. The van der Waals surface area contributed by atoms with Gasteiger partial charge in [0.1, 0.15) is 42.7 Å². The van der Waals surface area contributed by atoms with Crippen molar-refractivity contribution in [3.05, 3.63) is 179 Å². The fourth-order valence-electron chi connectivity index (χ4n) is 7.64. The molecule has 60 heavy (non-hydrogen) atoms. The van der Waals surface area contributed by atoms with Crippen molar-refractivity contribution in [2.45, 2.75) is 87.5 Å². The normalized spacial score (nSPS) is 29.0. The molecule has 5 aromatic rings. The number of aliphatic hydroxyl groups excluding tert-OH is 1. The van der Waals surface area contributed by atoms with Gasteiger partial charge in [0.05, 0.1) is 38.6 Å². The number of hydrogen-bond donors (Lipinski definition) is 1. The van der Waals surface area contributed by atoms with Gasteiger partial charge in [0, 0.05) is 12.7 Å². The minimum atomic E-state index is -1.34. The van der Waals surface area contributed by atoms with Crippen molar-refractivity contribution in [1.29, 1.82) is 0 Å². The summed E-state index contributed by atoms with van der Waals surface area (Å²) in [7, 11) is 1.46. The maximum absolute atomic E-state index is 14.0. The van der Waals surface area contributed by atoms with E-state index in [4.69, 9.17) is 47.4 Å². The van der Waals surface area contributed by atoms with Crippen LogP contribution in [0, 0.1) is 0 Å². The van der Waals surface area contributed by atoms with Crippen LogP contribution in [0.15, 0.2) is 152 Å². The zero-order chi connectivity index (χ0) is 41.1. The van der Waals surface area contributed by atoms with Crippen molar-refractivity contribution in [2.75, 3.05) is 20.3 Å². The summed E-state index contributed by atoms with van der Waals surface area (Å²) in [4.78, 5) is 14.0. The standard InChI is InChI=1S/C48H50O12/c1-51-47-42(39(49)40-38(56-47)31-55-46(59-40)36-25-15-6-16-26-36)60-48-44(58-45(50)35-23-13-5-14-24-35)43(54-29-34-21-11-4-12-22-34)41(53-28-33-19-9-3-10-20-33)37(57-48)30-52-27-32-17-7-2-8-18-32/h2-26,37-44,46-49H,27-31H2,1H3/t37-,38-,39+,40-,41-,42-,43+,44+,46-,47+,48-/m1/s1. The molecule has 3 heterocycles. The van der Waals surface area contributed by atoms with E-state index in [2.05, 4.69) is 0 Å². The van der Waals surface area contributed by atoms with Crippen LogP contribution in [-0.4, -0.2) is 92.8 Å². The summed E-state index contributed by atoms with van der Waals surface area (Å²) >= 11 is 0. The number of aliphatic hydroxyl groups is 1. The van der Waals surface area contributed by atoms with Crippen molar-refractivity contribution < 1.29 is 57.3 Å². The van der Waals surface area contributed by atoms with Crippen molar-refractivity contribution >= 4 is 5.97 Å². The summed E-state index contributed by atoms with van der Waals surface area (Å²) in [6, 6.07) is 47.3. The number of esters is 1. The Balaban J connectivity index is 1.13. The van der Waals surface area contributed by atoms with Gasteiger partial charge in [0.2, 0.25) is 0 Å². The van der Waals surface area contributed by atoms with Crippen LogP contribution in [0.5, 0.6) is 0 Å². The topological polar surface area (TPSA) is 130 Å². The van der Waals surface area contributed by atoms with Gasteiger partial charge in [-0.1, -0.05) is 140 Å². The molecule has 1 N–H and O–H groups in total. The molecule has 0 spiro atoms. The minimum Gasteiger partial charge on any atom is -0.450 e. The smallest absolute Gasteiger partial charge is 0.338 e. The van der Waals surface area contributed by atoms with Gasteiger partial charge >= 0.3 is 5.97 Å². The van der Waals surface area contributed by atoms with Gasteiger partial charge in [0.15, 0.2) is 25.0 Å². The number of carbonyl (C=O) groups is 1. The molecule has 5 aromatic carbocycles. The Morgan fingerprint density at radius 1 is 0.617 bits per heavy atom. The average Bonchev–Trinajstić information content (AvgIpc) is 3.31. The molecule has 12 nitrogen and oxygen atoms in total. The van der Waals surface area contributed by atoms with Gasteiger partial charge in [-0.2, -0.15) is 0 Å². The van der Waals surface area contributed by atoms with E-state index < -0.39 is 73.7 Å². The third kappa shape index (κ3) is 10.4. The minimum absolute atomic E-state index is 0.0556. The Bertz CT molecular complexity index is 2030. The Labute approximate surface area is 349 Å². The molecule has 0 aromatic heterocycles. The molecular weight excluding hydrogens is 769 g/mol. The van der Waals surface area contributed by atoms with E-state index in [9.17, 15) is 9.90 Å². The zero-order valence-corrected chi connectivity index (χ0v) is 33.3. The average molecular weight is 819 g/mol. The van der Waals surface area contributed by atoms with E-state index in [1.807, 2.05) is 127 Å². The Morgan fingerprint density at radius 2 is 1.17 bits per heavy atom. The van der Waals surface area contributed by atoms with Crippen LogP contribution in [0.25, 0.3) is 0 Å². The van der Waals surface area contributed by atoms with Crippen molar-refractivity contribution in [3.63, 3.8) is 0 Å². The van der Waals surface area contributed by atoms with Crippen molar-refractivity contribution in [1.82, 2.24) is 0 Å². The predicted octanol–water partition coefficient (Wildman–Crippen LogP) is 6.56. The fraction of sp³-hybridized carbons (Fsp3) is 0.354. The number of methoxy groups -OCH3 is 1. The molecule has 0 aliphatic carbocycles. The molecule has 0 unspecified atom stereocenters. The van der Waals surface area contributed by atoms with Crippen LogP contribution in [0.1, 0.15) is 38.9 Å². The first kappa shape index (κ1) is 41.9. The molecule has 8 rings (SSSR count). The molecular formula is C48H50O12. The summed E-state index contributed by atoms with van der Waals surface area (Å²) in [6.45, 7) is 0.842. The third-order valence-corrected chi connectivity index (χ3v) is 10.7. The molecule has 12 heteroatoms. The molecule has 3 aliphatic rings. The van der Waals surface area contributed by atoms with Crippen LogP contribution >= 0.6 is 0 Å². The van der Waals surface area contributed by atoms with Gasteiger partial charge in [-0.15, -0.1) is 0 Å². The summed E-state index contributed by atoms with van der Waals surface area (Å²) in [5.41, 5.74) is 3.88. The fourth-order valence-corrected chi connectivity index (χ4v) is 7.64. The first-order chi connectivity index (χ1) is 29.5. The molecule has 11 atom stereocenters. The van der Waals surface area contributed by atoms with Crippen molar-refractivity contribution in [2.24, 2.45) is 0 Å². The second-order valence-electron chi connectivity index (χ2n) is 14.8. The summed E-state index contributed by atoms with van der Waals surface area (Å²) in [5.74, 6) is -0.631. The summed E-state index contributed by atoms with van der Waals surface area (Å²) in [5, 5.41) is 12.1. The summed E-state index contributed by atoms with van der Waals surface area (Å²) in [6.07, 6.45) is -11.0. The number of benzene rings is 5. The second-order valence-corrected chi connectivity index (χ2v) is 14.8. The summed E-state index contributed by atoms with van der Waals surface area (Å²) < 4.78 is 64.2. The first-order valence-electron chi connectivity index (χ1n) is 20.2. The molecule has 3 aliphatic heterocycles. The molecule has 0 amide bonds. The van der Waals surface area contributed by atoms with E-state index in [-0.39, 0.29) is 26.4 Å². The molecule has 0 radical (unpaired) electrons. The highest BCUT2D eigenvalue weighted by molar-refractivity contribution is 5.89. The van der Waals surface area contributed by atoms with Crippen LogP contribution in [0.3, 0.4) is 0 Å². The molecule has 0 bridgehead atoms.